The fraction of sp³-hybridized carbons (Fsp3) is 0.355. The van der Waals surface area contributed by atoms with Gasteiger partial charge in [0.15, 0.2) is 0 Å². The molecule has 40 heavy (non-hydrogen) atoms. The van der Waals surface area contributed by atoms with Gasteiger partial charge in [-0.15, -0.1) is 11.8 Å². The van der Waals surface area contributed by atoms with Gasteiger partial charge in [-0.2, -0.15) is 18.3 Å². The predicted molar refractivity (Wildman–Crippen MR) is 155 cm³/mol. The number of carbonyl (C=O) groups is 1. The molecule has 3 aromatic rings. The van der Waals surface area contributed by atoms with Crippen LogP contribution in [0.3, 0.4) is 0 Å². The van der Waals surface area contributed by atoms with Gasteiger partial charge in [-0.05, 0) is 83.5 Å². The van der Waals surface area contributed by atoms with Crippen molar-refractivity contribution in [2.24, 2.45) is 0 Å². The molecule has 0 N–H and O–H groups in total. The van der Waals surface area contributed by atoms with Crippen molar-refractivity contribution in [3.63, 3.8) is 0 Å². The third-order valence-corrected chi connectivity index (χ3v) is 7.14. The summed E-state index contributed by atoms with van der Waals surface area (Å²) in [5, 5.41) is 5.61. The lowest BCUT2D eigenvalue weighted by Gasteiger charge is -2.31. The lowest BCUT2D eigenvalue weighted by atomic mass is 10.0. The Balaban J connectivity index is 1.79. The van der Waals surface area contributed by atoms with E-state index < -0.39 is 28.9 Å². The second-order valence-corrected chi connectivity index (χ2v) is 11.5. The molecule has 0 spiro atoms. The summed E-state index contributed by atoms with van der Waals surface area (Å²) in [6.45, 7) is 13.8. The van der Waals surface area contributed by atoms with E-state index in [1.165, 1.54) is 12.2 Å². The maximum atomic E-state index is 13.0. The largest absolute Gasteiger partial charge is 0.476 e. The van der Waals surface area contributed by atoms with Crippen molar-refractivity contribution in [3.05, 3.63) is 84.6 Å². The van der Waals surface area contributed by atoms with Crippen molar-refractivity contribution in [1.82, 2.24) is 9.78 Å². The van der Waals surface area contributed by atoms with Crippen LogP contribution in [0.1, 0.15) is 53.7 Å². The normalized spacial score (nSPS) is 14.6. The SMILES string of the molecule is C=C/C(=C\C=C(/C)C(F)(F)F)n1nc(CSc2ccc(OC(C)(CC)C(=O)OC(C)(C)C)cc2)c2ccccc21. The summed E-state index contributed by atoms with van der Waals surface area (Å²) in [5.74, 6) is 0.665. The molecule has 2 aromatic carbocycles. The van der Waals surface area contributed by atoms with E-state index in [-0.39, 0.29) is 0 Å². The van der Waals surface area contributed by atoms with Gasteiger partial charge >= 0.3 is 12.1 Å². The van der Waals surface area contributed by atoms with Crippen LogP contribution in [0.25, 0.3) is 16.6 Å². The number of ether oxygens (including phenoxy) is 2. The summed E-state index contributed by atoms with van der Waals surface area (Å²) < 4.78 is 52.1. The highest BCUT2D eigenvalue weighted by Crippen LogP contribution is 2.31. The number of halogens is 3. The number of nitrogens with zero attached hydrogens (tertiary/aromatic N) is 2. The second kappa shape index (κ2) is 12.4. The van der Waals surface area contributed by atoms with Gasteiger partial charge in [0.2, 0.25) is 5.60 Å². The van der Waals surface area contributed by atoms with Gasteiger partial charge < -0.3 is 9.47 Å². The molecule has 0 radical (unpaired) electrons. The predicted octanol–water partition coefficient (Wildman–Crippen LogP) is 8.75. The summed E-state index contributed by atoms with van der Waals surface area (Å²) in [4.78, 5) is 13.7. The maximum absolute atomic E-state index is 13.0. The van der Waals surface area contributed by atoms with Crippen LogP contribution in [-0.2, 0) is 15.3 Å². The van der Waals surface area contributed by atoms with Gasteiger partial charge in [0.05, 0.1) is 16.9 Å². The number of para-hydroxylation sites is 1. The first-order valence-corrected chi connectivity index (χ1v) is 13.9. The average molecular weight is 573 g/mol. The van der Waals surface area contributed by atoms with Crippen molar-refractivity contribution in [3.8, 4) is 5.75 Å². The van der Waals surface area contributed by atoms with Gasteiger partial charge in [0.25, 0.3) is 0 Å². The number of hydrogen-bond acceptors (Lipinski definition) is 5. The van der Waals surface area contributed by atoms with Gasteiger partial charge in [0.1, 0.15) is 11.4 Å². The molecule has 1 heterocycles. The maximum Gasteiger partial charge on any atom is 0.412 e. The molecule has 0 amide bonds. The minimum absolute atomic E-state index is 0.416. The molecule has 0 aliphatic carbocycles. The monoisotopic (exact) mass is 572 g/mol. The summed E-state index contributed by atoms with van der Waals surface area (Å²) >= 11 is 1.56. The lowest BCUT2D eigenvalue weighted by molar-refractivity contribution is -0.172. The van der Waals surface area contributed by atoms with E-state index in [4.69, 9.17) is 14.6 Å². The quantitative estimate of drug-likeness (QED) is 0.138. The fourth-order valence-corrected chi connectivity index (χ4v) is 4.47. The third kappa shape index (κ3) is 7.81. The molecule has 214 valence electrons. The molecule has 0 aliphatic rings. The van der Waals surface area contributed by atoms with E-state index in [0.29, 0.717) is 23.6 Å². The Morgan fingerprint density at radius 2 is 1.70 bits per heavy atom. The number of esters is 1. The highest BCUT2D eigenvalue weighted by Gasteiger charge is 2.38. The number of rotatable bonds is 10. The Morgan fingerprint density at radius 1 is 1.05 bits per heavy atom. The van der Waals surface area contributed by atoms with Crippen molar-refractivity contribution < 1.29 is 27.4 Å². The topological polar surface area (TPSA) is 53.4 Å². The molecule has 1 atom stereocenters. The Labute approximate surface area is 237 Å². The molecule has 1 aromatic heterocycles. The number of fused-ring (bicyclic) bond motifs is 1. The summed E-state index contributed by atoms with van der Waals surface area (Å²) in [6.07, 6.45) is -0.0796. The molecule has 5 nitrogen and oxygen atoms in total. The summed E-state index contributed by atoms with van der Waals surface area (Å²) in [6, 6.07) is 15.0. The zero-order valence-corrected chi connectivity index (χ0v) is 24.4. The van der Waals surface area contributed by atoms with Crippen LogP contribution >= 0.6 is 11.8 Å². The van der Waals surface area contributed by atoms with E-state index >= 15 is 0 Å². The third-order valence-electron chi connectivity index (χ3n) is 6.12. The van der Waals surface area contributed by atoms with Crippen LogP contribution in [0.15, 0.2) is 83.8 Å². The standard InChI is InChI=1S/C31H35F3N2O3S/c1-8-22(15-14-21(3)31(32,33)34)36-27-13-11-10-12-25(27)26(35-36)20-40-24-18-16-23(17-19-24)38-30(7,9-2)28(37)39-29(4,5)6/h8,10-19H,1,9,20H2,2-7H3/b21-14+,22-15+. The molecule has 0 saturated carbocycles. The van der Waals surface area contributed by atoms with E-state index in [1.54, 1.807) is 23.4 Å². The van der Waals surface area contributed by atoms with Crippen molar-refractivity contribution in [2.75, 3.05) is 0 Å². The first kappa shape index (κ1) is 31.1. The number of thioether (sulfide) groups is 1. The van der Waals surface area contributed by atoms with Gasteiger partial charge in [0, 0.05) is 21.6 Å². The highest BCUT2D eigenvalue weighted by molar-refractivity contribution is 7.98. The number of allylic oxidation sites excluding steroid dienone is 5. The number of aromatic nitrogens is 2. The van der Waals surface area contributed by atoms with Crippen LogP contribution in [-0.4, -0.2) is 33.1 Å². The van der Waals surface area contributed by atoms with Crippen LogP contribution in [0.2, 0.25) is 0 Å². The van der Waals surface area contributed by atoms with E-state index in [1.807, 2.05) is 76.2 Å². The molecule has 0 bridgehead atoms. The van der Waals surface area contributed by atoms with Crippen LogP contribution in [0.4, 0.5) is 13.2 Å². The van der Waals surface area contributed by atoms with E-state index in [0.717, 1.165) is 34.5 Å². The molecule has 3 rings (SSSR count). The zero-order chi connectivity index (χ0) is 29.7. The van der Waals surface area contributed by atoms with Crippen molar-refractivity contribution in [2.45, 2.75) is 76.0 Å². The molecule has 0 fully saturated rings. The Bertz CT molecular complexity index is 1420. The van der Waals surface area contributed by atoms with Crippen molar-refractivity contribution in [1.29, 1.82) is 0 Å². The van der Waals surface area contributed by atoms with Crippen molar-refractivity contribution >= 4 is 34.3 Å². The summed E-state index contributed by atoms with van der Waals surface area (Å²) in [5.41, 5.74) is -0.452. The van der Waals surface area contributed by atoms with Gasteiger partial charge in [-0.3, -0.25) is 0 Å². The highest BCUT2D eigenvalue weighted by atomic mass is 32.2. The molecule has 9 heteroatoms. The Kier molecular flexibility index (Phi) is 9.61. The van der Waals surface area contributed by atoms with Crippen LogP contribution < -0.4 is 4.74 Å². The second-order valence-electron chi connectivity index (χ2n) is 10.5. The first-order chi connectivity index (χ1) is 18.7. The smallest absolute Gasteiger partial charge is 0.412 e. The Morgan fingerprint density at radius 3 is 2.27 bits per heavy atom. The minimum Gasteiger partial charge on any atom is -0.476 e. The summed E-state index contributed by atoms with van der Waals surface area (Å²) in [7, 11) is 0. The van der Waals surface area contributed by atoms with Gasteiger partial charge in [-0.25, -0.2) is 9.48 Å². The molecule has 0 aliphatic heterocycles. The van der Waals surface area contributed by atoms with Crippen LogP contribution in [0, 0.1) is 0 Å². The fourth-order valence-electron chi connectivity index (χ4n) is 3.62. The van der Waals surface area contributed by atoms with E-state index in [9.17, 15) is 18.0 Å². The van der Waals surface area contributed by atoms with Crippen LogP contribution in [0.5, 0.6) is 5.75 Å². The minimum atomic E-state index is -4.40. The Hall–Kier alpha value is -3.46. The molecule has 1 unspecified atom stereocenters. The lowest BCUT2D eigenvalue weighted by Crippen LogP contribution is -2.45. The number of hydrogen-bond donors (Lipinski definition) is 0. The zero-order valence-electron chi connectivity index (χ0n) is 23.6. The molecular formula is C31H35F3N2O3S. The number of benzene rings is 2. The number of alkyl halides is 3. The average Bonchev–Trinajstić information content (AvgIpc) is 3.25. The molecule has 0 saturated heterocycles. The first-order valence-electron chi connectivity index (χ1n) is 12.9. The molecular weight excluding hydrogens is 537 g/mol. The van der Waals surface area contributed by atoms with Gasteiger partial charge in [-0.1, -0.05) is 37.8 Å². The van der Waals surface area contributed by atoms with E-state index in [2.05, 4.69) is 6.58 Å². The number of carbonyl (C=O) groups excluding carboxylic acids is 1.